The summed E-state index contributed by atoms with van der Waals surface area (Å²) < 4.78 is 13.8. The van der Waals surface area contributed by atoms with E-state index in [0.29, 0.717) is 6.54 Å². The summed E-state index contributed by atoms with van der Waals surface area (Å²) in [6, 6.07) is 0. The summed E-state index contributed by atoms with van der Waals surface area (Å²) in [6.45, 7) is 21.7. The van der Waals surface area contributed by atoms with Crippen molar-refractivity contribution in [2.24, 2.45) is 0 Å². The van der Waals surface area contributed by atoms with Crippen LogP contribution in [-0.2, 0) is 18.4 Å². The Hall–Kier alpha value is 0.224. The van der Waals surface area contributed by atoms with Crippen molar-refractivity contribution in [3.8, 4) is 0 Å². The number of rotatable bonds is 7. The first-order valence-corrected chi connectivity index (χ1v) is 17.1. The summed E-state index contributed by atoms with van der Waals surface area (Å²) >= 11 is 2.27. The van der Waals surface area contributed by atoms with Gasteiger partial charge in [-0.15, -0.1) is 0 Å². The van der Waals surface area contributed by atoms with Crippen LogP contribution in [-0.4, -0.2) is 56.5 Å². The Balaban J connectivity index is 3.24. The molecule has 2 atom stereocenters. The highest BCUT2D eigenvalue weighted by atomic mass is 127. The van der Waals surface area contributed by atoms with E-state index in [4.69, 9.17) is 8.85 Å². The zero-order chi connectivity index (χ0) is 21.4. The fourth-order valence-electron chi connectivity index (χ4n) is 2.33. The molecule has 0 aliphatic carbocycles. The van der Waals surface area contributed by atoms with E-state index >= 15 is 0 Å². The number of halogens is 1. The van der Waals surface area contributed by atoms with E-state index in [0.717, 1.165) is 10.8 Å². The van der Waals surface area contributed by atoms with Crippen LogP contribution in [0, 0.1) is 0 Å². The normalized spacial score (nSPS) is 22.7. The van der Waals surface area contributed by atoms with Gasteiger partial charge in [-0.3, -0.25) is 14.5 Å². The molecular weight excluding hydrogens is 489 g/mol. The van der Waals surface area contributed by atoms with Crippen molar-refractivity contribution in [3.05, 3.63) is 0 Å². The van der Waals surface area contributed by atoms with Crippen LogP contribution in [0.15, 0.2) is 0 Å². The minimum Gasteiger partial charge on any atom is -0.403 e. The van der Waals surface area contributed by atoms with Gasteiger partial charge in [0.1, 0.15) is 0 Å². The third-order valence-electron chi connectivity index (χ3n) is 6.26. The van der Waals surface area contributed by atoms with Gasteiger partial charge >= 0.3 is 0 Å². The Labute approximate surface area is 181 Å². The maximum atomic E-state index is 13.1. The predicted octanol–water partition coefficient (Wildman–Crippen LogP) is 4.96. The quantitative estimate of drug-likeness (QED) is 0.203. The number of hydrogen-bond donors (Lipinski definition) is 0. The molecule has 0 aromatic rings. The molecule has 27 heavy (non-hydrogen) atoms. The van der Waals surface area contributed by atoms with Gasteiger partial charge in [0.05, 0.1) is 0 Å². The Morgan fingerprint density at radius 2 is 1.19 bits per heavy atom. The van der Waals surface area contributed by atoms with E-state index in [1.807, 2.05) is 0 Å². The zero-order valence-electron chi connectivity index (χ0n) is 18.7. The molecule has 0 unspecified atom stereocenters. The molecule has 1 heterocycles. The SMILES string of the molecule is CC(C)(C)[Si](C)(C)O[C@H]1C(=O)N(CCCI)C(=O)[C@@H]1O[Si](C)(C)C(C)(C)C. The first-order valence-electron chi connectivity index (χ1n) is 9.73. The molecule has 0 N–H and O–H groups in total. The van der Waals surface area contributed by atoms with E-state index in [1.165, 1.54) is 4.90 Å². The average Bonchev–Trinajstić information content (AvgIpc) is 2.67. The van der Waals surface area contributed by atoms with Gasteiger partial charge in [0.15, 0.2) is 28.8 Å². The molecule has 0 aromatic heterocycles. The molecule has 0 saturated carbocycles. The standard InChI is InChI=1S/C19H38INO4Si2/c1-18(2,3)26(7,8)24-14-15(25-27(9,10)19(4,5)6)17(23)21(16(14)22)13-11-12-20/h14-15H,11-13H2,1-10H3/t14-,15-/m1/s1. The topological polar surface area (TPSA) is 55.8 Å². The average molecular weight is 528 g/mol. The minimum absolute atomic E-state index is 0.0481. The van der Waals surface area contributed by atoms with Crippen LogP contribution >= 0.6 is 22.6 Å². The van der Waals surface area contributed by atoms with Crippen LogP contribution < -0.4 is 0 Å². The Morgan fingerprint density at radius 1 is 0.852 bits per heavy atom. The number of alkyl halides is 1. The second-order valence-electron chi connectivity index (χ2n) is 10.5. The van der Waals surface area contributed by atoms with Crippen molar-refractivity contribution in [1.82, 2.24) is 4.90 Å². The molecule has 0 spiro atoms. The third kappa shape index (κ3) is 5.64. The fraction of sp³-hybridized carbons (Fsp3) is 0.895. The smallest absolute Gasteiger partial charge is 0.260 e. The highest BCUT2D eigenvalue weighted by Crippen LogP contribution is 2.42. The van der Waals surface area contributed by atoms with Crippen molar-refractivity contribution in [1.29, 1.82) is 0 Å². The summed E-state index contributed by atoms with van der Waals surface area (Å²) in [5.41, 5.74) is 0. The van der Waals surface area contributed by atoms with E-state index in [1.54, 1.807) is 0 Å². The van der Waals surface area contributed by atoms with Crippen LogP contribution in [0.5, 0.6) is 0 Å². The molecule has 158 valence electrons. The molecule has 1 rings (SSSR count). The number of amides is 2. The van der Waals surface area contributed by atoms with Gasteiger partial charge in [-0.25, -0.2) is 0 Å². The largest absolute Gasteiger partial charge is 0.403 e. The molecule has 1 saturated heterocycles. The Bertz CT molecular complexity index is 521. The van der Waals surface area contributed by atoms with Crippen LogP contribution in [0.2, 0.25) is 36.3 Å². The highest BCUT2D eigenvalue weighted by Gasteiger charge is 2.55. The Morgan fingerprint density at radius 3 is 1.44 bits per heavy atom. The Kier molecular flexibility index (Phi) is 7.98. The molecule has 0 aromatic carbocycles. The van der Waals surface area contributed by atoms with Gasteiger partial charge in [-0.05, 0) is 42.7 Å². The van der Waals surface area contributed by atoms with Crippen LogP contribution in [0.3, 0.4) is 0 Å². The highest BCUT2D eigenvalue weighted by molar-refractivity contribution is 14.1. The van der Waals surface area contributed by atoms with Crippen molar-refractivity contribution in [2.45, 2.75) is 96.4 Å². The lowest BCUT2D eigenvalue weighted by Gasteiger charge is -2.41. The molecule has 1 fully saturated rings. The molecule has 8 heteroatoms. The lowest BCUT2D eigenvalue weighted by atomic mass is 10.2. The van der Waals surface area contributed by atoms with Crippen LogP contribution in [0.4, 0.5) is 0 Å². The van der Waals surface area contributed by atoms with Crippen molar-refractivity contribution in [2.75, 3.05) is 11.0 Å². The van der Waals surface area contributed by atoms with Gasteiger partial charge < -0.3 is 8.85 Å². The van der Waals surface area contributed by atoms with Crippen molar-refractivity contribution in [3.63, 3.8) is 0 Å². The number of likely N-dealkylation sites (tertiary alicyclic amines) is 1. The molecule has 1 aliphatic rings. The lowest BCUT2D eigenvalue weighted by Crippen LogP contribution is -2.52. The third-order valence-corrected chi connectivity index (χ3v) is 15.9. The van der Waals surface area contributed by atoms with Crippen molar-refractivity contribution >= 4 is 51.0 Å². The summed E-state index contributed by atoms with van der Waals surface area (Å²) in [6.07, 6.45) is -0.846. The fourth-order valence-corrected chi connectivity index (χ4v) is 5.09. The van der Waals surface area contributed by atoms with Gasteiger partial charge in [-0.1, -0.05) is 64.1 Å². The summed E-state index contributed by atoms with van der Waals surface area (Å²) in [5.74, 6) is -0.447. The zero-order valence-corrected chi connectivity index (χ0v) is 22.9. The number of hydrogen-bond acceptors (Lipinski definition) is 4. The second kappa shape index (κ2) is 8.53. The van der Waals surface area contributed by atoms with E-state index in [9.17, 15) is 9.59 Å². The van der Waals surface area contributed by atoms with Gasteiger partial charge in [0, 0.05) is 11.0 Å². The molecule has 1 aliphatic heterocycles. The molecule has 0 bridgehead atoms. The van der Waals surface area contributed by atoms with Gasteiger partial charge in [0.2, 0.25) is 0 Å². The summed E-state index contributed by atoms with van der Waals surface area (Å²) in [7, 11) is -4.46. The maximum absolute atomic E-state index is 13.1. The number of carbonyl (C=O) groups is 2. The van der Waals surface area contributed by atoms with Gasteiger partial charge in [-0.2, -0.15) is 0 Å². The first-order chi connectivity index (χ1) is 12.0. The maximum Gasteiger partial charge on any atom is 0.260 e. The van der Waals surface area contributed by atoms with Gasteiger partial charge in [0.25, 0.3) is 11.8 Å². The van der Waals surface area contributed by atoms with Crippen LogP contribution in [0.25, 0.3) is 0 Å². The molecular formula is C19H38INO4Si2. The number of imide groups is 1. The minimum atomic E-state index is -2.23. The lowest BCUT2D eigenvalue weighted by molar-refractivity contribution is -0.141. The second-order valence-corrected chi connectivity index (χ2v) is 21.1. The summed E-state index contributed by atoms with van der Waals surface area (Å²) in [4.78, 5) is 27.6. The number of nitrogens with zero attached hydrogens (tertiary/aromatic N) is 1. The molecule has 2 amide bonds. The van der Waals surface area contributed by atoms with Crippen LogP contribution in [0.1, 0.15) is 48.0 Å². The number of carbonyl (C=O) groups excluding carboxylic acids is 2. The molecule has 0 radical (unpaired) electrons. The predicted molar refractivity (Wildman–Crippen MR) is 124 cm³/mol. The monoisotopic (exact) mass is 527 g/mol. The van der Waals surface area contributed by atoms with Crippen molar-refractivity contribution < 1.29 is 18.4 Å². The van der Waals surface area contributed by atoms with E-state index in [-0.39, 0.29) is 21.9 Å². The first kappa shape index (κ1) is 25.3. The summed E-state index contributed by atoms with van der Waals surface area (Å²) in [5, 5.41) is -0.0963. The van der Waals surface area contributed by atoms with E-state index < -0.39 is 28.8 Å². The molecule has 5 nitrogen and oxygen atoms in total. The van der Waals surface area contributed by atoms with E-state index in [2.05, 4.69) is 90.3 Å².